The lowest BCUT2D eigenvalue weighted by atomic mass is 10.2. The van der Waals surface area contributed by atoms with E-state index in [4.69, 9.17) is 0 Å². The Hall–Kier alpha value is -2.80. The molecule has 1 N–H and O–H groups in total. The molecule has 3 heterocycles. The van der Waals surface area contributed by atoms with Crippen LogP contribution in [0.15, 0.2) is 47.5 Å². The molecule has 0 aliphatic heterocycles. The molecule has 0 bridgehead atoms. The van der Waals surface area contributed by atoms with E-state index in [-0.39, 0.29) is 11.4 Å². The number of hydrogen-bond acceptors (Lipinski definition) is 4. The zero-order chi connectivity index (χ0) is 16.0. The Morgan fingerprint density at radius 1 is 1.22 bits per heavy atom. The van der Waals surface area contributed by atoms with Crippen LogP contribution in [0.25, 0.3) is 32.0 Å². The summed E-state index contributed by atoms with van der Waals surface area (Å²) in [5, 5.41) is 4.09. The quantitative estimate of drug-likeness (QED) is 0.615. The summed E-state index contributed by atoms with van der Waals surface area (Å²) >= 11 is 1.34. The van der Waals surface area contributed by atoms with Crippen molar-refractivity contribution in [2.24, 2.45) is 7.05 Å². The number of thiophene rings is 1. The van der Waals surface area contributed by atoms with Gasteiger partial charge >= 0.3 is 0 Å². The number of benzene rings is 1. The van der Waals surface area contributed by atoms with Crippen LogP contribution in [-0.2, 0) is 7.05 Å². The molecular weight excluding hydrogens is 315 g/mol. The van der Waals surface area contributed by atoms with Gasteiger partial charge in [-0.05, 0) is 23.8 Å². The Labute approximate surface area is 134 Å². The molecule has 0 radical (unpaired) electrons. The summed E-state index contributed by atoms with van der Waals surface area (Å²) in [4.78, 5) is 20.5. The van der Waals surface area contributed by atoms with Gasteiger partial charge in [0.05, 0.1) is 17.3 Å². The fourth-order valence-corrected chi connectivity index (χ4v) is 3.37. The molecule has 0 atom stereocenters. The number of fused-ring (bicyclic) bond motifs is 1. The highest BCUT2D eigenvalue weighted by Gasteiger charge is 2.12. The first kappa shape index (κ1) is 13.8. The normalized spacial score (nSPS) is 11.2. The van der Waals surface area contributed by atoms with Crippen LogP contribution < -0.4 is 5.56 Å². The lowest BCUT2D eigenvalue weighted by molar-refractivity contribution is 0.628. The van der Waals surface area contributed by atoms with Crippen molar-refractivity contribution in [3.63, 3.8) is 0 Å². The maximum atomic E-state index is 13.0. The zero-order valence-corrected chi connectivity index (χ0v) is 12.9. The van der Waals surface area contributed by atoms with Gasteiger partial charge in [-0.25, -0.2) is 9.37 Å². The number of hydrogen-bond donors (Lipinski definition) is 1. The number of aryl methyl sites for hydroxylation is 1. The van der Waals surface area contributed by atoms with Crippen molar-refractivity contribution in [3.8, 4) is 21.8 Å². The Bertz CT molecular complexity index is 1060. The molecule has 114 valence electrons. The number of rotatable bonds is 2. The van der Waals surface area contributed by atoms with Crippen molar-refractivity contribution in [1.82, 2.24) is 19.7 Å². The minimum Gasteiger partial charge on any atom is -0.305 e. The molecule has 0 aliphatic rings. The highest BCUT2D eigenvalue weighted by atomic mass is 32.1. The molecule has 0 spiro atoms. The minimum absolute atomic E-state index is 0.188. The first-order valence-corrected chi connectivity index (χ1v) is 7.70. The van der Waals surface area contributed by atoms with Gasteiger partial charge in [-0.3, -0.25) is 9.48 Å². The SMILES string of the molecule is Cn1cc(-c2nc3cc(-c4ccc(F)cc4)sc3c(=O)[nH]2)cn1. The lowest BCUT2D eigenvalue weighted by Crippen LogP contribution is -2.07. The highest BCUT2D eigenvalue weighted by Crippen LogP contribution is 2.31. The molecule has 0 saturated heterocycles. The molecule has 0 saturated carbocycles. The lowest BCUT2D eigenvalue weighted by Gasteiger charge is -1.96. The molecule has 1 aromatic carbocycles. The van der Waals surface area contributed by atoms with E-state index in [1.807, 2.05) is 6.07 Å². The first-order chi connectivity index (χ1) is 11.1. The van der Waals surface area contributed by atoms with Gasteiger partial charge in [-0.15, -0.1) is 11.3 Å². The first-order valence-electron chi connectivity index (χ1n) is 6.89. The summed E-state index contributed by atoms with van der Waals surface area (Å²) in [7, 11) is 1.80. The summed E-state index contributed by atoms with van der Waals surface area (Å²) in [6, 6.07) is 8.03. The van der Waals surface area contributed by atoms with E-state index in [1.54, 1.807) is 36.3 Å². The maximum absolute atomic E-state index is 13.0. The van der Waals surface area contributed by atoms with Gasteiger partial charge < -0.3 is 4.98 Å². The smallest absolute Gasteiger partial charge is 0.269 e. The van der Waals surface area contributed by atoms with Crippen LogP contribution in [-0.4, -0.2) is 19.7 Å². The molecule has 23 heavy (non-hydrogen) atoms. The van der Waals surface area contributed by atoms with E-state index in [0.29, 0.717) is 16.0 Å². The second-order valence-corrected chi connectivity index (χ2v) is 6.20. The summed E-state index contributed by atoms with van der Waals surface area (Å²) in [6.45, 7) is 0. The standard InChI is InChI=1S/C16H11FN4OS/c1-21-8-10(7-18-21)15-19-12-6-13(23-14(12)16(22)20-15)9-2-4-11(17)5-3-9/h2-8H,1H3,(H,19,20,22). The van der Waals surface area contributed by atoms with Gasteiger partial charge in [0, 0.05) is 18.1 Å². The highest BCUT2D eigenvalue weighted by molar-refractivity contribution is 7.22. The van der Waals surface area contributed by atoms with Crippen molar-refractivity contribution >= 4 is 21.6 Å². The number of nitrogens with one attached hydrogen (secondary N) is 1. The van der Waals surface area contributed by atoms with Gasteiger partial charge in [-0.2, -0.15) is 5.10 Å². The Morgan fingerprint density at radius 2 is 2.00 bits per heavy atom. The molecular formula is C16H11FN4OS. The van der Waals surface area contributed by atoms with Crippen LogP contribution in [0.4, 0.5) is 4.39 Å². The van der Waals surface area contributed by atoms with Crippen LogP contribution in [0.1, 0.15) is 0 Å². The molecule has 0 unspecified atom stereocenters. The van der Waals surface area contributed by atoms with Gasteiger partial charge in [0.25, 0.3) is 5.56 Å². The average Bonchev–Trinajstić information content (AvgIpc) is 3.14. The second kappa shape index (κ2) is 5.13. The molecule has 5 nitrogen and oxygen atoms in total. The predicted octanol–water partition coefficient (Wildman–Crippen LogP) is 3.19. The van der Waals surface area contributed by atoms with Crippen LogP contribution in [0.2, 0.25) is 0 Å². The summed E-state index contributed by atoms with van der Waals surface area (Å²) < 4.78 is 15.2. The molecule has 4 aromatic rings. The maximum Gasteiger partial charge on any atom is 0.269 e. The van der Waals surface area contributed by atoms with Crippen molar-refractivity contribution in [3.05, 3.63) is 58.9 Å². The van der Waals surface area contributed by atoms with Crippen molar-refractivity contribution in [1.29, 1.82) is 0 Å². The number of aromatic nitrogens is 4. The molecule has 0 aliphatic carbocycles. The van der Waals surface area contributed by atoms with Gasteiger partial charge in [0.15, 0.2) is 0 Å². The number of aromatic amines is 1. The van der Waals surface area contributed by atoms with Gasteiger partial charge in [0.2, 0.25) is 0 Å². The summed E-state index contributed by atoms with van der Waals surface area (Å²) in [6.07, 6.45) is 3.44. The predicted molar refractivity (Wildman–Crippen MR) is 87.8 cm³/mol. The molecule has 3 aromatic heterocycles. The van der Waals surface area contributed by atoms with Crippen molar-refractivity contribution in [2.75, 3.05) is 0 Å². The Balaban J connectivity index is 1.87. The van der Waals surface area contributed by atoms with Gasteiger partial charge in [0.1, 0.15) is 16.3 Å². The largest absolute Gasteiger partial charge is 0.305 e. The number of halogens is 1. The molecule has 0 amide bonds. The monoisotopic (exact) mass is 326 g/mol. The van der Waals surface area contributed by atoms with Crippen LogP contribution in [0.5, 0.6) is 0 Å². The van der Waals surface area contributed by atoms with Crippen LogP contribution in [0.3, 0.4) is 0 Å². The van der Waals surface area contributed by atoms with Crippen molar-refractivity contribution < 1.29 is 4.39 Å². The van der Waals surface area contributed by atoms with Gasteiger partial charge in [-0.1, -0.05) is 12.1 Å². The fraction of sp³-hybridized carbons (Fsp3) is 0.0625. The van der Waals surface area contributed by atoms with Crippen molar-refractivity contribution in [2.45, 2.75) is 0 Å². The minimum atomic E-state index is -0.287. The third-order valence-corrected chi connectivity index (χ3v) is 4.66. The molecule has 7 heteroatoms. The molecule has 4 rings (SSSR count). The number of nitrogens with zero attached hydrogens (tertiary/aromatic N) is 3. The Kier molecular flexibility index (Phi) is 3.09. The third kappa shape index (κ3) is 2.44. The van der Waals surface area contributed by atoms with E-state index >= 15 is 0 Å². The second-order valence-electron chi connectivity index (χ2n) is 5.15. The van der Waals surface area contributed by atoms with E-state index in [0.717, 1.165) is 16.0 Å². The average molecular weight is 326 g/mol. The van der Waals surface area contributed by atoms with E-state index < -0.39 is 0 Å². The summed E-state index contributed by atoms with van der Waals surface area (Å²) in [5.41, 5.74) is 2.04. The third-order valence-electron chi connectivity index (χ3n) is 3.49. The summed E-state index contributed by atoms with van der Waals surface area (Å²) in [5.74, 6) is 0.198. The zero-order valence-electron chi connectivity index (χ0n) is 12.1. The fourth-order valence-electron chi connectivity index (χ4n) is 2.38. The Morgan fingerprint density at radius 3 is 2.70 bits per heavy atom. The van der Waals surface area contributed by atoms with E-state index in [9.17, 15) is 9.18 Å². The topological polar surface area (TPSA) is 63.6 Å². The van der Waals surface area contributed by atoms with Crippen LogP contribution >= 0.6 is 11.3 Å². The number of H-pyrrole nitrogens is 1. The van der Waals surface area contributed by atoms with E-state index in [1.165, 1.54) is 23.5 Å². The van der Waals surface area contributed by atoms with Crippen LogP contribution in [0, 0.1) is 5.82 Å². The molecule has 0 fully saturated rings. The van der Waals surface area contributed by atoms with E-state index in [2.05, 4.69) is 15.1 Å².